The number of carbonyl (C=O) groups excluding carboxylic acids is 4. The van der Waals surface area contributed by atoms with Crippen molar-refractivity contribution >= 4 is 52.6 Å². The van der Waals surface area contributed by atoms with Crippen LogP contribution in [0.4, 0.5) is 17.1 Å². The number of carboxylic acids is 1. The highest BCUT2D eigenvalue weighted by Gasteiger charge is 2.29. The van der Waals surface area contributed by atoms with Crippen LogP contribution in [0.25, 0.3) is 0 Å². The number of hydrogen-bond acceptors (Lipinski definition) is 9. The van der Waals surface area contributed by atoms with Crippen molar-refractivity contribution in [3.63, 3.8) is 0 Å². The van der Waals surface area contributed by atoms with Gasteiger partial charge in [0.25, 0.3) is 11.6 Å². The van der Waals surface area contributed by atoms with Gasteiger partial charge in [-0.3, -0.25) is 39.1 Å². The normalized spacial score (nSPS) is 17.0. The molecular weight excluding hydrogens is 566 g/mol. The summed E-state index contributed by atoms with van der Waals surface area (Å²) >= 11 is 0. The molecule has 0 saturated carbocycles. The molecule has 2 aromatic rings. The van der Waals surface area contributed by atoms with Crippen molar-refractivity contribution in [2.75, 3.05) is 17.2 Å². The zero-order valence-electron chi connectivity index (χ0n) is 22.8. The van der Waals surface area contributed by atoms with Crippen LogP contribution >= 0.6 is 0 Å². The maximum absolute atomic E-state index is 13.4. The number of primary amides is 1. The number of aliphatic carboxylic acids is 1. The van der Waals surface area contributed by atoms with Crippen molar-refractivity contribution in [2.45, 2.75) is 44.3 Å². The Labute approximate surface area is 244 Å². The summed E-state index contributed by atoms with van der Waals surface area (Å²) in [5.41, 5.74) is 16.4. The van der Waals surface area contributed by atoms with Crippen molar-refractivity contribution in [1.29, 1.82) is 0 Å². The molecule has 1 aliphatic rings. The summed E-state index contributed by atoms with van der Waals surface area (Å²) in [6.45, 7) is 0.0777. The summed E-state index contributed by atoms with van der Waals surface area (Å²) in [6, 6.07) is 5.15. The van der Waals surface area contributed by atoms with Crippen molar-refractivity contribution in [1.82, 2.24) is 10.6 Å². The number of fused-ring (bicyclic) bond motifs is 2. The van der Waals surface area contributed by atoms with E-state index in [-0.39, 0.29) is 66.5 Å². The Morgan fingerprint density at radius 3 is 2.35 bits per heavy atom. The van der Waals surface area contributed by atoms with Crippen LogP contribution in [0.2, 0.25) is 0 Å². The van der Waals surface area contributed by atoms with E-state index in [1.54, 1.807) is 0 Å². The molecule has 17 nitrogen and oxygen atoms in total. The number of carboxylic acid groups (broad SMARTS) is 1. The number of hydrogen-bond donors (Lipinski definition) is 8. The van der Waals surface area contributed by atoms with E-state index in [1.165, 1.54) is 30.3 Å². The first-order chi connectivity index (χ1) is 20.3. The van der Waals surface area contributed by atoms with E-state index < -0.39 is 53.0 Å². The van der Waals surface area contributed by atoms with Gasteiger partial charge in [0, 0.05) is 48.6 Å². The topological polar surface area (TPSA) is 287 Å². The number of guanidine groups is 1. The number of nitro groups is 1. The van der Waals surface area contributed by atoms with Crippen LogP contribution in [-0.2, 0) is 20.9 Å². The molecule has 4 amide bonds. The van der Waals surface area contributed by atoms with Gasteiger partial charge in [0.2, 0.25) is 17.7 Å². The first-order valence-corrected chi connectivity index (χ1v) is 13.0. The maximum Gasteiger partial charge on any atom is 0.303 e. The van der Waals surface area contributed by atoms with Gasteiger partial charge < -0.3 is 43.6 Å². The third kappa shape index (κ3) is 8.87. The molecule has 0 saturated heterocycles. The van der Waals surface area contributed by atoms with Crippen LogP contribution in [0.5, 0.6) is 0 Å². The molecule has 0 fully saturated rings. The highest BCUT2D eigenvalue weighted by atomic mass is 16.6. The van der Waals surface area contributed by atoms with Crippen LogP contribution in [0.15, 0.2) is 41.4 Å². The Bertz CT molecular complexity index is 1470. The Morgan fingerprint density at radius 2 is 1.70 bits per heavy atom. The van der Waals surface area contributed by atoms with Gasteiger partial charge >= 0.3 is 5.97 Å². The number of carbonyl (C=O) groups is 5. The number of nitrogens with one attached hydrogen (secondary N) is 4. The van der Waals surface area contributed by atoms with Crippen molar-refractivity contribution in [2.24, 2.45) is 22.2 Å². The Hall–Kier alpha value is -5.74. The number of anilines is 2. The van der Waals surface area contributed by atoms with Gasteiger partial charge in [-0.25, -0.2) is 0 Å². The van der Waals surface area contributed by atoms with E-state index in [4.69, 9.17) is 17.2 Å². The molecule has 43 heavy (non-hydrogen) atoms. The Balaban J connectivity index is 2.10. The van der Waals surface area contributed by atoms with E-state index in [0.29, 0.717) is 5.56 Å². The second kappa shape index (κ2) is 14.2. The summed E-state index contributed by atoms with van der Waals surface area (Å²) in [5.74, 6) is -4.62. The standard InChI is InChI=1S/C26H31N9O8/c27-22(38)13-3-4-14-12-31-17-6-5-15(35(42)43)11-16(17)23(39)32-18(2-1-9-30-26(28)29)24(40)33-19(7-8-21(36)37)25(41)34-20(14)10-13/h3-6,10-11,18-19,31H,1-2,7-9,12H2,(H2,27,38)(H,32,39)(H,33,40)(H,34,41)(H,36,37)(H4,28,29,30)/t18-,19-/m0/s1. The van der Waals surface area contributed by atoms with Crippen LogP contribution < -0.4 is 38.5 Å². The lowest BCUT2D eigenvalue weighted by atomic mass is 10.0. The number of aliphatic imine (C=N–C) groups is 1. The van der Waals surface area contributed by atoms with E-state index in [9.17, 15) is 39.2 Å². The van der Waals surface area contributed by atoms with Crippen LogP contribution in [0.3, 0.4) is 0 Å². The third-order valence-electron chi connectivity index (χ3n) is 6.43. The predicted octanol–water partition coefficient (Wildman–Crippen LogP) is -0.240. The minimum atomic E-state index is -1.37. The van der Waals surface area contributed by atoms with E-state index in [1.807, 2.05) is 0 Å². The van der Waals surface area contributed by atoms with E-state index in [0.717, 1.165) is 6.07 Å². The summed E-state index contributed by atoms with van der Waals surface area (Å²) in [5, 5.41) is 31.3. The molecule has 0 bridgehead atoms. The molecule has 2 atom stereocenters. The molecule has 0 radical (unpaired) electrons. The zero-order chi connectivity index (χ0) is 31.7. The molecule has 0 unspecified atom stereocenters. The summed E-state index contributed by atoms with van der Waals surface area (Å²) in [4.78, 5) is 78.0. The molecule has 3 rings (SSSR count). The number of rotatable bonds is 9. The van der Waals surface area contributed by atoms with Gasteiger partial charge in [-0.05, 0) is 43.0 Å². The average molecular weight is 598 g/mol. The monoisotopic (exact) mass is 597 g/mol. The number of benzene rings is 2. The zero-order valence-corrected chi connectivity index (χ0v) is 22.8. The SMILES string of the molecule is NC(=O)c1ccc2c(c1)NC(=O)[C@H](CCC(=O)O)NC(=O)[C@H](CCCN=C(N)N)NC(=O)c1cc([N+](=O)[O-])ccc1NC2. The van der Waals surface area contributed by atoms with E-state index in [2.05, 4.69) is 26.3 Å². The number of nitrogens with zero attached hydrogens (tertiary/aromatic N) is 2. The Kier molecular flexibility index (Phi) is 10.5. The number of nitrogens with two attached hydrogens (primary N) is 3. The number of nitro benzene ring substituents is 1. The largest absolute Gasteiger partial charge is 0.481 e. The summed E-state index contributed by atoms with van der Waals surface area (Å²) < 4.78 is 0. The van der Waals surface area contributed by atoms with Gasteiger partial charge in [0.15, 0.2) is 5.96 Å². The minimum Gasteiger partial charge on any atom is -0.481 e. The van der Waals surface area contributed by atoms with Crippen LogP contribution in [-0.4, -0.2) is 64.2 Å². The fraction of sp³-hybridized carbons (Fsp3) is 0.308. The quantitative estimate of drug-likeness (QED) is 0.0613. The summed E-state index contributed by atoms with van der Waals surface area (Å²) in [7, 11) is 0. The fourth-order valence-electron chi connectivity index (χ4n) is 4.22. The van der Waals surface area contributed by atoms with E-state index >= 15 is 0 Å². The maximum atomic E-state index is 13.4. The van der Waals surface area contributed by atoms with Gasteiger partial charge in [-0.1, -0.05) is 6.07 Å². The fourth-order valence-corrected chi connectivity index (χ4v) is 4.22. The van der Waals surface area contributed by atoms with Gasteiger partial charge in [-0.2, -0.15) is 0 Å². The second-order valence-electron chi connectivity index (χ2n) is 9.53. The lowest BCUT2D eigenvalue weighted by Gasteiger charge is -2.25. The first kappa shape index (κ1) is 31.8. The molecule has 2 aromatic carbocycles. The minimum absolute atomic E-state index is 0.00980. The van der Waals surface area contributed by atoms with Crippen LogP contribution in [0.1, 0.15) is 52.0 Å². The van der Waals surface area contributed by atoms with Gasteiger partial charge in [0.05, 0.1) is 10.5 Å². The molecule has 1 heterocycles. The predicted molar refractivity (Wildman–Crippen MR) is 154 cm³/mol. The molecule has 228 valence electrons. The van der Waals surface area contributed by atoms with Gasteiger partial charge in [0.1, 0.15) is 12.1 Å². The average Bonchev–Trinajstić information content (AvgIpc) is 2.94. The summed E-state index contributed by atoms with van der Waals surface area (Å²) in [6.07, 6.45) is -0.581. The molecule has 0 aromatic heterocycles. The molecule has 1 aliphatic heterocycles. The Morgan fingerprint density at radius 1 is 0.977 bits per heavy atom. The molecule has 11 N–H and O–H groups in total. The smallest absolute Gasteiger partial charge is 0.303 e. The van der Waals surface area contributed by atoms with Crippen molar-refractivity contribution in [3.8, 4) is 0 Å². The highest BCUT2D eigenvalue weighted by molar-refractivity contribution is 6.04. The first-order valence-electron chi connectivity index (χ1n) is 13.0. The van der Waals surface area contributed by atoms with Crippen molar-refractivity contribution < 1.29 is 34.0 Å². The van der Waals surface area contributed by atoms with Crippen LogP contribution in [0, 0.1) is 10.1 Å². The number of non-ortho nitro benzene ring substituents is 1. The number of amides is 4. The van der Waals surface area contributed by atoms with Gasteiger partial charge in [-0.15, -0.1) is 0 Å². The lowest BCUT2D eigenvalue weighted by Crippen LogP contribution is -2.53. The molecule has 0 spiro atoms. The third-order valence-corrected chi connectivity index (χ3v) is 6.43. The molecule has 0 aliphatic carbocycles. The molecule has 17 heteroatoms. The lowest BCUT2D eigenvalue weighted by molar-refractivity contribution is -0.384. The highest BCUT2D eigenvalue weighted by Crippen LogP contribution is 2.26. The second-order valence-corrected chi connectivity index (χ2v) is 9.53. The van der Waals surface area contributed by atoms with Crippen molar-refractivity contribution in [3.05, 3.63) is 63.2 Å². The molecular formula is C26H31N9O8.